The van der Waals surface area contributed by atoms with E-state index in [0.29, 0.717) is 18.2 Å². The number of fused-ring (bicyclic) bond motifs is 9. The Labute approximate surface area is 363 Å². The predicted octanol–water partition coefficient (Wildman–Crippen LogP) is 14.1. The summed E-state index contributed by atoms with van der Waals surface area (Å²) in [6, 6.07) is 62.8. The fourth-order valence-electron chi connectivity index (χ4n) is 9.46. The molecular weight excluding hydrogens is 773 g/mol. The predicted molar refractivity (Wildman–Crippen MR) is 260 cm³/mol. The lowest BCUT2D eigenvalue weighted by atomic mass is 9.97. The highest BCUT2D eigenvalue weighted by atomic mass is 16.3. The monoisotopic (exact) mass is 812 g/mol. The smallest absolute Gasteiger partial charge is 0.159 e. The van der Waals surface area contributed by atoms with Crippen molar-refractivity contribution in [2.75, 3.05) is 0 Å². The van der Waals surface area contributed by atoms with Crippen molar-refractivity contribution in [1.82, 2.24) is 4.57 Å². The van der Waals surface area contributed by atoms with Gasteiger partial charge in [0.2, 0.25) is 0 Å². The summed E-state index contributed by atoms with van der Waals surface area (Å²) in [5.74, 6) is 0.918. The third-order valence-electron chi connectivity index (χ3n) is 12.4. The van der Waals surface area contributed by atoms with Crippen LogP contribution in [0.5, 0.6) is 0 Å². The summed E-state index contributed by atoms with van der Waals surface area (Å²) in [4.78, 5) is 10.1. The van der Waals surface area contributed by atoms with Crippen molar-refractivity contribution in [3.63, 3.8) is 0 Å². The topological polar surface area (TPSA) is 81.9 Å². The minimum atomic E-state index is 0.359. The van der Waals surface area contributed by atoms with E-state index in [1.54, 1.807) is 0 Å². The summed E-state index contributed by atoms with van der Waals surface area (Å²) in [5.41, 5.74) is 22.2. The molecule has 63 heavy (non-hydrogen) atoms. The molecule has 1 aliphatic rings. The number of nitrogens with zero attached hydrogens (tertiary/aromatic N) is 3. The fraction of sp³-hybridized carbons (Fsp3) is 0.0526. The van der Waals surface area contributed by atoms with Gasteiger partial charge in [0.15, 0.2) is 11.4 Å². The number of hydrogen-bond acceptors (Lipinski definition) is 3. The second-order valence-corrected chi connectivity index (χ2v) is 16.1. The molecule has 0 aliphatic heterocycles. The summed E-state index contributed by atoms with van der Waals surface area (Å²) in [6.07, 6.45) is 6.61. The maximum Gasteiger partial charge on any atom is 0.159 e. The van der Waals surface area contributed by atoms with Crippen molar-refractivity contribution in [3.05, 3.63) is 216 Å². The van der Waals surface area contributed by atoms with Crippen molar-refractivity contribution >= 4 is 72.5 Å². The van der Waals surface area contributed by atoms with Crippen LogP contribution in [0.15, 0.2) is 207 Å². The number of para-hydroxylation sites is 2. The van der Waals surface area contributed by atoms with Gasteiger partial charge in [-0.2, -0.15) is 0 Å². The van der Waals surface area contributed by atoms with Crippen LogP contribution in [0, 0.1) is 0 Å². The number of aryl methyl sites for hydroxylation is 1. The van der Waals surface area contributed by atoms with Gasteiger partial charge in [-0.15, -0.1) is 0 Å². The first kappa shape index (κ1) is 36.6. The Morgan fingerprint density at radius 2 is 1.30 bits per heavy atom. The molecule has 0 amide bonds. The number of hydrogen-bond donors (Lipinski definition) is 1. The molecule has 0 spiro atoms. The van der Waals surface area contributed by atoms with Crippen LogP contribution >= 0.6 is 0 Å². The van der Waals surface area contributed by atoms with E-state index < -0.39 is 0 Å². The average Bonchev–Trinajstić information content (AvgIpc) is 4.03. The lowest BCUT2D eigenvalue weighted by Crippen LogP contribution is -2.17. The quantitative estimate of drug-likeness (QED) is 0.129. The van der Waals surface area contributed by atoms with E-state index in [1.807, 2.05) is 42.5 Å². The molecule has 0 atom stereocenters. The number of aromatic nitrogens is 1. The van der Waals surface area contributed by atoms with Gasteiger partial charge >= 0.3 is 0 Å². The van der Waals surface area contributed by atoms with Crippen LogP contribution in [-0.4, -0.2) is 16.2 Å². The molecule has 6 nitrogen and oxygen atoms in total. The normalized spacial score (nSPS) is 13.2. The first-order valence-corrected chi connectivity index (χ1v) is 21.4. The highest BCUT2D eigenvalue weighted by molar-refractivity contribution is 6.22. The Morgan fingerprint density at radius 1 is 0.587 bits per heavy atom. The van der Waals surface area contributed by atoms with Crippen LogP contribution in [0.25, 0.3) is 88.8 Å². The van der Waals surface area contributed by atoms with Crippen molar-refractivity contribution in [2.24, 2.45) is 15.7 Å². The first-order valence-electron chi connectivity index (χ1n) is 21.4. The summed E-state index contributed by atoms with van der Waals surface area (Å²) < 4.78 is 15.7. The third kappa shape index (κ3) is 6.26. The summed E-state index contributed by atoms with van der Waals surface area (Å²) >= 11 is 0. The molecule has 1 aliphatic carbocycles. The molecule has 0 saturated heterocycles. The third-order valence-corrected chi connectivity index (χ3v) is 12.4. The Morgan fingerprint density at radius 3 is 2.16 bits per heavy atom. The standard InChI is InChI=1S/C57H40N4O2/c58-56(60-57(59-35-36-14-3-1-4-15-36)39-30-28-38(29-31-39)37-16-5-2-6-17-37)45-22-13-26-51-54(45)46-34-40(32-33-50(46)62-51)41-20-12-27-52-53(41)44-21-11-25-49(55(44)63-52)61-47-23-9-7-18-42(47)43-19-8-10-24-48(43)61/h1-7,9-18,20-34H,8,19,35H2,(H2,58,59,60). The summed E-state index contributed by atoms with van der Waals surface area (Å²) in [7, 11) is 0. The number of benzene rings is 8. The number of amidine groups is 2. The molecule has 6 heteroatoms. The van der Waals surface area contributed by atoms with Gasteiger partial charge in [0.25, 0.3) is 0 Å². The van der Waals surface area contributed by atoms with Crippen molar-refractivity contribution in [2.45, 2.75) is 19.4 Å². The first-order chi connectivity index (χ1) is 31.2. The van der Waals surface area contributed by atoms with Crippen molar-refractivity contribution in [3.8, 4) is 27.9 Å². The summed E-state index contributed by atoms with van der Waals surface area (Å²) in [5, 5.41) is 5.29. The van der Waals surface area contributed by atoms with E-state index >= 15 is 0 Å². The largest absolute Gasteiger partial charge is 0.456 e. The van der Waals surface area contributed by atoms with Gasteiger partial charge in [0.05, 0.1) is 17.7 Å². The highest BCUT2D eigenvalue weighted by Gasteiger charge is 2.23. The molecule has 11 aromatic rings. The molecule has 300 valence electrons. The Hall–Kier alpha value is -8.22. The van der Waals surface area contributed by atoms with Crippen LogP contribution in [0.3, 0.4) is 0 Å². The zero-order valence-electron chi connectivity index (χ0n) is 34.3. The fourth-order valence-corrected chi connectivity index (χ4v) is 9.46. The van der Waals surface area contributed by atoms with Gasteiger partial charge in [-0.25, -0.2) is 4.99 Å². The highest BCUT2D eigenvalue weighted by Crippen LogP contribution is 2.43. The maximum absolute atomic E-state index is 7.05. The van der Waals surface area contributed by atoms with Crippen LogP contribution < -0.4 is 5.73 Å². The van der Waals surface area contributed by atoms with Gasteiger partial charge in [0, 0.05) is 43.8 Å². The van der Waals surface area contributed by atoms with E-state index in [4.69, 9.17) is 24.6 Å². The lowest BCUT2D eigenvalue weighted by Gasteiger charge is -2.12. The molecule has 2 N–H and O–H groups in total. The van der Waals surface area contributed by atoms with Crippen LogP contribution in [-0.2, 0) is 13.0 Å². The molecule has 8 aromatic carbocycles. The minimum absolute atomic E-state index is 0.359. The Balaban J connectivity index is 0.979. The number of aliphatic imine (C=N–C) groups is 2. The lowest BCUT2D eigenvalue weighted by molar-refractivity contribution is 0.665. The molecule has 0 radical (unpaired) electrons. The van der Waals surface area contributed by atoms with Crippen LogP contribution in [0.4, 0.5) is 0 Å². The zero-order chi connectivity index (χ0) is 41.9. The molecular formula is C57H40N4O2. The molecule has 3 aromatic heterocycles. The minimum Gasteiger partial charge on any atom is -0.456 e. The molecule has 0 unspecified atom stereocenters. The Bertz CT molecular complexity index is 3640. The number of furan rings is 2. The Kier molecular flexibility index (Phi) is 8.75. The van der Waals surface area contributed by atoms with Gasteiger partial charge in [-0.3, -0.25) is 4.99 Å². The average molecular weight is 813 g/mol. The molecule has 0 fully saturated rings. The summed E-state index contributed by atoms with van der Waals surface area (Å²) in [6.45, 7) is 0.465. The van der Waals surface area contributed by atoms with Gasteiger partial charge in [0.1, 0.15) is 22.6 Å². The second-order valence-electron chi connectivity index (χ2n) is 16.1. The van der Waals surface area contributed by atoms with Crippen LogP contribution in [0.1, 0.15) is 34.4 Å². The SMILES string of the molecule is NC(=NC(=NCc1ccccc1)c1ccc(-c2ccccc2)cc1)c1cccc2oc3ccc(-c4cccc5oc6c(-n7c8c(c9ccccc97)CCC=C8)cccc6c45)cc3c12. The second kappa shape index (κ2) is 15.0. The van der Waals surface area contributed by atoms with E-state index in [1.165, 1.54) is 22.2 Å². The van der Waals surface area contributed by atoms with Crippen LogP contribution in [0.2, 0.25) is 0 Å². The van der Waals surface area contributed by atoms with E-state index in [2.05, 4.69) is 156 Å². The maximum atomic E-state index is 7.05. The molecule has 3 heterocycles. The van der Waals surface area contributed by atoms with E-state index in [-0.39, 0.29) is 0 Å². The molecule has 12 rings (SSSR count). The van der Waals surface area contributed by atoms with E-state index in [0.717, 1.165) is 101 Å². The zero-order valence-corrected chi connectivity index (χ0v) is 34.3. The van der Waals surface area contributed by atoms with Crippen molar-refractivity contribution < 1.29 is 8.83 Å². The molecule has 0 bridgehead atoms. The van der Waals surface area contributed by atoms with Crippen molar-refractivity contribution in [1.29, 1.82) is 0 Å². The molecule has 0 saturated carbocycles. The van der Waals surface area contributed by atoms with Gasteiger partial charge in [-0.05, 0) is 88.7 Å². The number of allylic oxidation sites excluding steroid dienone is 1. The van der Waals surface area contributed by atoms with Gasteiger partial charge in [-0.1, -0.05) is 152 Å². The van der Waals surface area contributed by atoms with E-state index in [9.17, 15) is 0 Å². The van der Waals surface area contributed by atoms with Gasteiger partial charge < -0.3 is 19.1 Å². The number of nitrogens with two attached hydrogens (primary N) is 1. The number of rotatable bonds is 7.